The molecule has 1 fully saturated rings. The molecule has 3 nitrogen and oxygen atoms in total. The lowest BCUT2D eigenvalue weighted by Gasteiger charge is -2.10. The molecule has 13 heavy (non-hydrogen) atoms. The molecular weight excluding hydrogens is 164 g/mol. The molecule has 1 aliphatic carbocycles. The predicted molar refractivity (Wildman–Crippen MR) is 50.2 cm³/mol. The Hall–Kier alpha value is -0.930. The van der Waals surface area contributed by atoms with Crippen LogP contribution in [0.5, 0.6) is 0 Å². The van der Waals surface area contributed by atoms with Crippen LogP contribution in [0.3, 0.4) is 0 Å². The van der Waals surface area contributed by atoms with Gasteiger partial charge in [0.05, 0.1) is 6.61 Å². The maximum absolute atomic E-state index is 9.19. The van der Waals surface area contributed by atoms with Crippen LogP contribution in [0.4, 0.5) is 0 Å². The van der Waals surface area contributed by atoms with Gasteiger partial charge >= 0.3 is 0 Å². The van der Waals surface area contributed by atoms with E-state index in [1.165, 1.54) is 5.56 Å². The van der Waals surface area contributed by atoms with Crippen molar-refractivity contribution in [2.24, 2.45) is 11.1 Å². The molecule has 1 heterocycles. The van der Waals surface area contributed by atoms with Crippen LogP contribution < -0.4 is 5.73 Å². The van der Waals surface area contributed by atoms with Gasteiger partial charge in [0.15, 0.2) is 0 Å². The molecular formula is C10H14N2O. The largest absolute Gasteiger partial charge is 0.396 e. The van der Waals surface area contributed by atoms with E-state index in [4.69, 9.17) is 5.73 Å². The Labute approximate surface area is 77.6 Å². The van der Waals surface area contributed by atoms with E-state index in [-0.39, 0.29) is 12.0 Å². The maximum atomic E-state index is 9.19. The average molecular weight is 178 g/mol. The Morgan fingerprint density at radius 1 is 1.69 bits per heavy atom. The molecule has 1 aromatic rings. The molecule has 2 atom stereocenters. The van der Waals surface area contributed by atoms with Gasteiger partial charge in [-0.3, -0.25) is 4.98 Å². The molecule has 1 saturated carbocycles. The highest BCUT2D eigenvalue weighted by Gasteiger charge is 2.53. The summed E-state index contributed by atoms with van der Waals surface area (Å²) in [6, 6.07) is 3.97. The monoisotopic (exact) mass is 178 g/mol. The highest BCUT2D eigenvalue weighted by atomic mass is 16.3. The van der Waals surface area contributed by atoms with Crippen LogP contribution in [0.1, 0.15) is 17.9 Å². The van der Waals surface area contributed by atoms with Gasteiger partial charge in [0.25, 0.3) is 0 Å². The van der Waals surface area contributed by atoms with Crippen molar-refractivity contribution in [2.45, 2.75) is 12.3 Å². The van der Waals surface area contributed by atoms with E-state index < -0.39 is 0 Å². The zero-order valence-electron chi connectivity index (χ0n) is 7.48. The van der Waals surface area contributed by atoms with Crippen molar-refractivity contribution < 1.29 is 5.11 Å². The van der Waals surface area contributed by atoms with E-state index in [1.54, 1.807) is 6.20 Å². The summed E-state index contributed by atoms with van der Waals surface area (Å²) < 4.78 is 0. The number of nitrogens with two attached hydrogens (primary N) is 1. The van der Waals surface area contributed by atoms with Gasteiger partial charge in [0.1, 0.15) is 0 Å². The lowest BCUT2D eigenvalue weighted by Crippen LogP contribution is -2.21. The molecule has 0 aliphatic heterocycles. The second-order valence-corrected chi connectivity index (χ2v) is 3.77. The summed E-state index contributed by atoms with van der Waals surface area (Å²) in [6.07, 6.45) is 4.61. The quantitative estimate of drug-likeness (QED) is 0.708. The molecule has 3 N–H and O–H groups in total. The number of aliphatic hydroxyl groups is 1. The normalized spacial score (nSPS) is 31.7. The van der Waals surface area contributed by atoms with Crippen LogP contribution in [0.25, 0.3) is 0 Å². The Morgan fingerprint density at radius 2 is 2.54 bits per heavy atom. The van der Waals surface area contributed by atoms with Crippen molar-refractivity contribution >= 4 is 0 Å². The summed E-state index contributed by atoms with van der Waals surface area (Å²) in [4.78, 5) is 4.06. The van der Waals surface area contributed by atoms with Gasteiger partial charge < -0.3 is 10.8 Å². The van der Waals surface area contributed by atoms with Gasteiger partial charge in [0.2, 0.25) is 0 Å². The summed E-state index contributed by atoms with van der Waals surface area (Å²) in [5, 5.41) is 9.19. The number of rotatable bonds is 3. The van der Waals surface area contributed by atoms with Crippen LogP contribution >= 0.6 is 0 Å². The molecule has 0 bridgehead atoms. The Kier molecular flexibility index (Phi) is 2.06. The number of aliphatic hydroxyl groups excluding tert-OH is 1. The smallest absolute Gasteiger partial charge is 0.0505 e. The van der Waals surface area contributed by atoms with E-state index in [0.717, 1.165) is 6.42 Å². The third-order valence-electron chi connectivity index (χ3n) is 3.00. The molecule has 0 aromatic carbocycles. The first-order valence-electron chi connectivity index (χ1n) is 4.53. The molecule has 0 amide bonds. The van der Waals surface area contributed by atoms with Crippen molar-refractivity contribution in [3.8, 4) is 0 Å². The summed E-state index contributed by atoms with van der Waals surface area (Å²) in [5.41, 5.74) is 6.77. The fraction of sp³-hybridized carbons (Fsp3) is 0.500. The number of pyridine rings is 1. The fourth-order valence-electron chi connectivity index (χ4n) is 1.87. The van der Waals surface area contributed by atoms with Crippen LogP contribution in [0.2, 0.25) is 0 Å². The number of hydrogen-bond donors (Lipinski definition) is 2. The van der Waals surface area contributed by atoms with Gasteiger partial charge in [-0.25, -0.2) is 0 Å². The molecule has 2 unspecified atom stereocenters. The Bertz CT molecular complexity index is 282. The molecule has 0 spiro atoms. The minimum absolute atomic E-state index is 0.0525. The van der Waals surface area contributed by atoms with Crippen molar-refractivity contribution in [2.75, 3.05) is 13.2 Å². The first kappa shape index (κ1) is 8.66. The van der Waals surface area contributed by atoms with Gasteiger partial charge in [-0.15, -0.1) is 0 Å². The Morgan fingerprint density at radius 3 is 3.00 bits per heavy atom. The molecule has 1 aliphatic rings. The SMILES string of the molecule is NCC1(CO)CC1c1cccnc1. The fourth-order valence-corrected chi connectivity index (χ4v) is 1.87. The molecule has 0 saturated heterocycles. The highest BCUT2D eigenvalue weighted by Crippen LogP contribution is 2.57. The first-order chi connectivity index (χ1) is 6.32. The minimum Gasteiger partial charge on any atom is -0.396 e. The zero-order chi connectivity index (χ0) is 9.31. The van der Waals surface area contributed by atoms with E-state index in [2.05, 4.69) is 4.98 Å². The van der Waals surface area contributed by atoms with Gasteiger partial charge in [0, 0.05) is 24.4 Å². The van der Waals surface area contributed by atoms with Crippen molar-refractivity contribution in [3.05, 3.63) is 30.1 Å². The Balaban J connectivity index is 2.15. The first-order valence-corrected chi connectivity index (χ1v) is 4.53. The van der Waals surface area contributed by atoms with E-state index >= 15 is 0 Å². The number of hydrogen-bond acceptors (Lipinski definition) is 3. The van der Waals surface area contributed by atoms with Crippen LogP contribution in [-0.4, -0.2) is 23.2 Å². The second-order valence-electron chi connectivity index (χ2n) is 3.77. The summed E-state index contributed by atoms with van der Waals surface area (Å²) >= 11 is 0. The highest BCUT2D eigenvalue weighted by molar-refractivity contribution is 5.27. The average Bonchev–Trinajstić information content (AvgIpc) is 2.95. The third kappa shape index (κ3) is 1.34. The van der Waals surface area contributed by atoms with Crippen LogP contribution in [0, 0.1) is 5.41 Å². The summed E-state index contributed by atoms with van der Waals surface area (Å²) in [6.45, 7) is 0.742. The molecule has 3 heteroatoms. The molecule has 1 aromatic heterocycles. The standard InChI is InChI=1S/C10H14N2O/c11-6-10(7-13)4-9(10)8-2-1-3-12-5-8/h1-3,5,9,13H,4,6-7,11H2. The van der Waals surface area contributed by atoms with E-state index in [0.29, 0.717) is 12.5 Å². The number of aromatic nitrogens is 1. The maximum Gasteiger partial charge on any atom is 0.0505 e. The molecule has 0 radical (unpaired) electrons. The predicted octanol–water partition coefficient (Wildman–Crippen LogP) is 0.506. The lowest BCUT2D eigenvalue weighted by atomic mass is 10.0. The minimum atomic E-state index is -0.0525. The topological polar surface area (TPSA) is 59.1 Å². The zero-order valence-corrected chi connectivity index (χ0v) is 7.48. The molecule has 70 valence electrons. The third-order valence-corrected chi connectivity index (χ3v) is 3.00. The van der Waals surface area contributed by atoms with Gasteiger partial charge in [-0.2, -0.15) is 0 Å². The van der Waals surface area contributed by atoms with Crippen molar-refractivity contribution in [1.29, 1.82) is 0 Å². The van der Waals surface area contributed by atoms with Crippen molar-refractivity contribution in [1.82, 2.24) is 4.98 Å². The van der Waals surface area contributed by atoms with Crippen LogP contribution in [0.15, 0.2) is 24.5 Å². The molecule has 2 rings (SSSR count). The van der Waals surface area contributed by atoms with Crippen molar-refractivity contribution in [3.63, 3.8) is 0 Å². The summed E-state index contributed by atoms with van der Waals surface area (Å²) in [5.74, 6) is 0.413. The lowest BCUT2D eigenvalue weighted by molar-refractivity contribution is 0.211. The van der Waals surface area contributed by atoms with Crippen LogP contribution in [-0.2, 0) is 0 Å². The summed E-state index contributed by atoms with van der Waals surface area (Å²) in [7, 11) is 0. The number of nitrogens with zero attached hydrogens (tertiary/aromatic N) is 1. The van der Waals surface area contributed by atoms with E-state index in [1.807, 2.05) is 18.3 Å². The van der Waals surface area contributed by atoms with Gasteiger partial charge in [-0.05, 0) is 24.0 Å². The van der Waals surface area contributed by atoms with Gasteiger partial charge in [-0.1, -0.05) is 6.07 Å². The van der Waals surface area contributed by atoms with E-state index in [9.17, 15) is 5.11 Å². The second kappa shape index (κ2) is 3.09.